The van der Waals surface area contributed by atoms with Gasteiger partial charge in [0.25, 0.3) is 5.89 Å². The summed E-state index contributed by atoms with van der Waals surface area (Å²) in [6.07, 6.45) is 5.69. The first-order valence-corrected chi connectivity index (χ1v) is 12.7. The molecular weight excluding hydrogens is 557 g/mol. The standard InChI is InChI=1S/C24H31F2IN4O3/c1-21(2,3)33-20(32)31(17-12-16(27)15(25)13-28-17)14-23-6-9-24(10-7-23,11-8-23)18-29-19(34-30-18)22(4,5)26/h12-13H,6-11,14H2,1-5H3. The van der Waals surface area contributed by atoms with E-state index in [1.165, 1.54) is 13.8 Å². The quantitative estimate of drug-likeness (QED) is 0.374. The molecule has 2 aromatic heterocycles. The van der Waals surface area contributed by atoms with Crippen LogP contribution in [0.1, 0.15) is 84.9 Å². The zero-order valence-corrected chi connectivity index (χ0v) is 22.4. The second kappa shape index (κ2) is 8.67. The van der Waals surface area contributed by atoms with E-state index in [0.29, 0.717) is 21.8 Å². The number of carbonyl (C=O) groups excluding carboxylic acids is 1. The number of rotatable bonds is 5. The molecule has 3 fully saturated rings. The van der Waals surface area contributed by atoms with E-state index in [2.05, 4.69) is 15.1 Å². The molecule has 0 radical (unpaired) electrons. The number of ether oxygens (including phenoxy) is 1. The number of fused-ring (bicyclic) bond motifs is 3. The predicted octanol–water partition coefficient (Wildman–Crippen LogP) is 6.45. The summed E-state index contributed by atoms with van der Waals surface area (Å²) in [4.78, 5) is 23.3. The molecule has 0 spiro atoms. The summed E-state index contributed by atoms with van der Waals surface area (Å²) in [7, 11) is 0. The Balaban J connectivity index is 1.56. The average molecular weight is 588 g/mol. The zero-order valence-electron chi connectivity index (χ0n) is 20.3. The Morgan fingerprint density at radius 2 is 1.79 bits per heavy atom. The summed E-state index contributed by atoms with van der Waals surface area (Å²) in [5.74, 6) is 0.542. The molecule has 1 amide bonds. The molecule has 0 aliphatic heterocycles. The maximum atomic E-state index is 14.3. The van der Waals surface area contributed by atoms with Gasteiger partial charge in [-0.05, 0) is 107 Å². The molecule has 186 valence electrons. The van der Waals surface area contributed by atoms with Crippen molar-refractivity contribution in [3.8, 4) is 0 Å². The van der Waals surface area contributed by atoms with Gasteiger partial charge in [0.15, 0.2) is 17.3 Å². The summed E-state index contributed by atoms with van der Waals surface area (Å²) >= 11 is 1.90. The fraction of sp³-hybridized carbons (Fsp3) is 0.667. The first-order chi connectivity index (χ1) is 15.7. The SMILES string of the molecule is CC(C)(C)OC(=O)N(CC12CCC(c3noc(C(C)(C)F)n3)(CC1)CC2)c1cc(I)c(F)cn1. The average Bonchev–Trinajstić information content (AvgIpc) is 3.26. The van der Waals surface area contributed by atoms with E-state index in [9.17, 15) is 13.6 Å². The zero-order chi connectivity index (χ0) is 24.9. The molecule has 5 rings (SSSR count). The fourth-order valence-corrected chi connectivity index (χ4v) is 5.38. The molecule has 3 aliphatic carbocycles. The second-order valence-electron chi connectivity index (χ2n) is 11.2. The Labute approximate surface area is 212 Å². The Morgan fingerprint density at radius 3 is 2.29 bits per heavy atom. The summed E-state index contributed by atoms with van der Waals surface area (Å²) in [6.45, 7) is 8.70. The van der Waals surface area contributed by atoms with Crippen LogP contribution in [0.2, 0.25) is 0 Å². The highest BCUT2D eigenvalue weighted by atomic mass is 127. The molecule has 2 aromatic rings. The van der Waals surface area contributed by atoms with Crippen molar-refractivity contribution in [3.63, 3.8) is 0 Å². The van der Waals surface area contributed by atoms with Crippen LogP contribution in [-0.4, -0.2) is 33.4 Å². The highest BCUT2D eigenvalue weighted by Crippen LogP contribution is 2.57. The van der Waals surface area contributed by atoms with Gasteiger partial charge >= 0.3 is 6.09 Å². The van der Waals surface area contributed by atoms with Gasteiger partial charge in [-0.15, -0.1) is 0 Å². The fourth-order valence-electron chi connectivity index (χ4n) is 4.96. The molecule has 2 heterocycles. The van der Waals surface area contributed by atoms with Gasteiger partial charge in [0.2, 0.25) is 0 Å². The molecule has 34 heavy (non-hydrogen) atoms. The third-order valence-electron chi connectivity index (χ3n) is 6.99. The Hall–Kier alpha value is -1.85. The number of alkyl halides is 1. The summed E-state index contributed by atoms with van der Waals surface area (Å²) in [5, 5.41) is 4.13. The van der Waals surface area contributed by atoms with Crippen LogP contribution in [-0.2, 0) is 15.8 Å². The Morgan fingerprint density at radius 1 is 1.18 bits per heavy atom. The lowest BCUT2D eigenvalue weighted by Crippen LogP contribution is -2.51. The van der Waals surface area contributed by atoms with Crippen molar-refractivity contribution >= 4 is 34.5 Å². The molecule has 0 atom stereocenters. The number of hydrogen-bond acceptors (Lipinski definition) is 6. The summed E-state index contributed by atoms with van der Waals surface area (Å²) in [6, 6.07) is 1.58. The Kier molecular flexibility index (Phi) is 6.44. The van der Waals surface area contributed by atoms with Gasteiger partial charge < -0.3 is 9.26 Å². The number of amides is 1. The largest absolute Gasteiger partial charge is 0.443 e. The lowest BCUT2D eigenvalue weighted by molar-refractivity contribution is 0.0304. The topological polar surface area (TPSA) is 81.4 Å². The van der Waals surface area contributed by atoms with Crippen molar-refractivity contribution < 1.29 is 22.8 Å². The molecule has 3 aliphatic rings. The Bertz CT molecular complexity index is 1050. The molecule has 0 saturated heterocycles. The molecule has 7 nitrogen and oxygen atoms in total. The number of carbonyl (C=O) groups is 1. The number of nitrogens with zero attached hydrogens (tertiary/aromatic N) is 4. The first kappa shape index (κ1) is 25.2. The van der Waals surface area contributed by atoms with Crippen LogP contribution in [0, 0.1) is 14.8 Å². The van der Waals surface area contributed by atoms with Gasteiger partial charge in [0.1, 0.15) is 11.4 Å². The van der Waals surface area contributed by atoms with E-state index in [1.54, 1.807) is 11.0 Å². The third-order valence-corrected chi connectivity index (χ3v) is 7.82. The molecule has 0 aromatic carbocycles. The number of aromatic nitrogens is 3. The normalized spacial score (nSPS) is 24.8. The van der Waals surface area contributed by atoms with E-state index in [4.69, 9.17) is 9.26 Å². The van der Waals surface area contributed by atoms with E-state index in [1.807, 2.05) is 43.4 Å². The van der Waals surface area contributed by atoms with Gasteiger partial charge in [-0.2, -0.15) is 4.98 Å². The van der Waals surface area contributed by atoms with Crippen molar-refractivity contribution in [2.24, 2.45) is 5.41 Å². The lowest BCUT2D eigenvalue weighted by Gasteiger charge is -2.53. The number of hydrogen-bond donors (Lipinski definition) is 0. The smallest absolute Gasteiger partial charge is 0.416 e. The van der Waals surface area contributed by atoms with Crippen molar-refractivity contribution in [3.05, 3.63) is 33.4 Å². The molecule has 0 unspecified atom stereocenters. The van der Waals surface area contributed by atoms with Crippen molar-refractivity contribution in [2.75, 3.05) is 11.4 Å². The van der Waals surface area contributed by atoms with Gasteiger partial charge in [-0.3, -0.25) is 4.90 Å². The van der Waals surface area contributed by atoms with Crippen LogP contribution in [0.4, 0.5) is 19.4 Å². The molecule has 10 heteroatoms. The molecule has 0 N–H and O–H groups in total. The minimum Gasteiger partial charge on any atom is -0.443 e. The third kappa shape index (κ3) is 5.06. The van der Waals surface area contributed by atoms with Crippen LogP contribution in [0.15, 0.2) is 16.8 Å². The van der Waals surface area contributed by atoms with Crippen molar-refractivity contribution in [1.82, 2.24) is 15.1 Å². The van der Waals surface area contributed by atoms with E-state index < -0.39 is 23.2 Å². The molecular formula is C24H31F2IN4O3. The van der Waals surface area contributed by atoms with Crippen molar-refractivity contribution in [1.29, 1.82) is 0 Å². The number of pyridine rings is 1. The highest BCUT2D eigenvalue weighted by molar-refractivity contribution is 14.1. The van der Waals surface area contributed by atoms with Crippen LogP contribution >= 0.6 is 22.6 Å². The lowest BCUT2D eigenvalue weighted by atomic mass is 9.53. The van der Waals surface area contributed by atoms with E-state index >= 15 is 0 Å². The van der Waals surface area contributed by atoms with Gasteiger partial charge in [-0.1, -0.05) is 5.16 Å². The van der Waals surface area contributed by atoms with E-state index in [0.717, 1.165) is 44.7 Å². The van der Waals surface area contributed by atoms with Crippen LogP contribution in [0.25, 0.3) is 0 Å². The van der Waals surface area contributed by atoms with Gasteiger partial charge in [0.05, 0.1) is 9.77 Å². The highest BCUT2D eigenvalue weighted by Gasteiger charge is 2.53. The minimum absolute atomic E-state index is 0.00683. The van der Waals surface area contributed by atoms with Gasteiger partial charge in [-0.25, -0.2) is 18.6 Å². The maximum absolute atomic E-state index is 14.3. The molecule has 3 saturated carbocycles. The second-order valence-corrected chi connectivity index (χ2v) is 12.4. The van der Waals surface area contributed by atoms with Crippen LogP contribution in [0.5, 0.6) is 0 Å². The van der Waals surface area contributed by atoms with Crippen molar-refractivity contribution in [2.45, 2.75) is 89.8 Å². The van der Waals surface area contributed by atoms with Crippen LogP contribution in [0.3, 0.4) is 0 Å². The number of anilines is 1. The predicted molar refractivity (Wildman–Crippen MR) is 131 cm³/mol. The number of halogens is 3. The van der Waals surface area contributed by atoms with Gasteiger partial charge in [0, 0.05) is 12.0 Å². The molecule has 2 bridgehead atoms. The van der Waals surface area contributed by atoms with E-state index in [-0.39, 0.29) is 16.7 Å². The summed E-state index contributed by atoms with van der Waals surface area (Å²) in [5.41, 5.74) is -2.70. The first-order valence-electron chi connectivity index (χ1n) is 11.6. The minimum atomic E-state index is -1.68. The van der Waals surface area contributed by atoms with Crippen LogP contribution < -0.4 is 4.90 Å². The monoisotopic (exact) mass is 588 g/mol. The summed E-state index contributed by atoms with van der Waals surface area (Å²) < 4.78 is 39.4. The maximum Gasteiger partial charge on any atom is 0.416 e.